The zero-order valence-electron chi connectivity index (χ0n) is 10.0. The molecule has 0 unspecified atom stereocenters. The molecule has 1 aromatic rings. The Morgan fingerprint density at radius 3 is 2.47 bits per heavy atom. The maximum absolute atomic E-state index is 10.8. The van der Waals surface area contributed by atoms with E-state index in [4.69, 9.17) is 0 Å². The molecule has 0 radical (unpaired) electrons. The first-order valence-corrected chi connectivity index (χ1v) is 6.59. The number of benzene rings is 1. The standard InChI is InChI=1S/C12H17NO3S/c1-3-12(14,4-2)9-17-11-8-6-5-7-10(11)13(15)16/h5-8,14H,3-4,9H2,1-2H3. The van der Waals surface area contributed by atoms with E-state index >= 15 is 0 Å². The molecule has 4 nitrogen and oxygen atoms in total. The van der Waals surface area contributed by atoms with Gasteiger partial charge in [0.2, 0.25) is 0 Å². The summed E-state index contributed by atoms with van der Waals surface area (Å²) in [5.41, 5.74) is -0.638. The molecule has 0 heterocycles. The molecule has 0 saturated carbocycles. The van der Waals surface area contributed by atoms with Crippen molar-refractivity contribution >= 4 is 17.4 Å². The van der Waals surface area contributed by atoms with E-state index in [1.165, 1.54) is 17.8 Å². The van der Waals surface area contributed by atoms with Crippen LogP contribution in [0.15, 0.2) is 29.2 Å². The molecule has 0 aromatic heterocycles. The number of thioether (sulfide) groups is 1. The van der Waals surface area contributed by atoms with Crippen LogP contribution in [0, 0.1) is 10.1 Å². The van der Waals surface area contributed by atoms with Crippen LogP contribution in [0.1, 0.15) is 26.7 Å². The normalized spacial score (nSPS) is 11.5. The summed E-state index contributed by atoms with van der Waals surface area (Å²) >= 11 is 1.34. The maximum atomic E-state index is 10.8. The first-order chi connectivity index (χ1) is 8.02. The van der Waals surface area contributed by atoms with Gasteiger partial charge in [-0.25, -0.2) is 0 Å². The molecule has 0 atom stereocenters. The third-order valence-electron chi connectivity index (χ3n) is 2.87. The molecular weight excluding hydrogens is 238 g/mol. The minimum absolute atomic E-state index is 0.104. The zero-order valence-corrected chi connectivity index (χ0v) is 10.9. The number of nitro benzene ring substituents is 1. The summed E-state index contributed by atoms with van der Waals surface area (Å²) in [7, 11) is 0. The summed E-state index contributed by atoms with van der Waals surface area (Å²) < 4.78 is 0. The maximum Gasteiger partial charge on any atom is 0.282 e. The lowest BCUT2D eigenvalue weighted by molar-refractivity contribution is -0.387. The molecule has 0 bridgehead atoms. The molecule has 17 heavy (non-hydrogen) atoms. The molecule has 0 amide bonds. The van der Waals surface area contributed by atoms with Crippen molar-refractivity contribution in [2.45, 2.75) is 37.2 Å². The fourth-order valence-corrected chi connectivity index (χ4v) is 2.69. The SMILES string of the molecule is CCC(O)(CC)CSc1ccccc1[N+](=O)[O-]. The van der Waals surface area contributed by atoms with Gasteiger partial charge in [0.05, 0.1) is 15.4 Å². The fraction of sp³-hybridized carbons (Fsp3) is 0.500. The van der Waals surface area contributed by atoms with Crippen molar-refractivity contribution < 1.29 is 10.0 Å². The second kappa shape index (κ2) is 6.02. The number of nitrogens with zero attached hydrogens (tertiary/aromatic N) is 1. The molecule has 0 aliphatic carbocycles. The van der Waals surface area contributed by atoms with E-state index < -0.39 is 5.60 Å². The monoisotopic (exact) mass is 255 g/mol. The fourth-order valence-electron chi connectivity index (χ4n) is 1.40. The molecule has 1 rings (SSSR count). The minimum atomic E-state index is -0.742. The van der Waals surface area contributed by atoms with Gasteiger partial charge in [0.15, 0.2) is 0 Å². The van der Waals surface area contributed by atoms with Gasteiger partial charge >= 0.3 is 0 Å². The topological polar surface area (TPSA) is 63.4 Å². The van der Waals surface area contributed by atoms with Crippen LogP contribution in [0.3, 0.4) is 0 Å². The molecule has 0 aliphatic heterocycles. The van der Waals surface area contributed by atoms with Gasteiger partial charge in [-0.15, -0.1) is 11.8 Å². The van der Waals surface area contributed by atoms with Crippen molar-refractivity contribution in [2.24, 2.45) is 0 Å². The van der Waals surface area contributed by atoms with Crippen molar-refractivity contribution in [3.8, 4) is 0 Å². The van der Waals surface area contributed by atoms with Crippen LogP contribution in [-0.4, -0.2) is 21.4 Å². The average Bonchev–Trinajstić information content (AvgIpc) is 2.36. The van der Waals surface area contributed by atoms with Gasteiger partial charge in [0, 0.05) is 11.8 Å². The van der Waals surface area contributed by atoms with E-state index in [0.29, 0.717) is 23.5 Å². The van der Waals surface area contributed by atoms with E-state index in [1.54, 1.807) is 18.2 Å². The Balaban J connectivity index is 2.79. The number of hydrogen-bond acceptors (Lipinski definition) is 4. The van der Waals surface area contributed by atoms with Gasteiger partial charge in [-0.3, -0.25) is 10.1 Å². The number of nitro groups is 1. The van der Waals surface area contributed by atoms with Crippen molar-refractivity contribution in [1.82, 2.24) is 0 Å². The van der Waals surface area contributed by atoms with Crippen LogP contribution in [-0.2, 0) is 0 Å². The summed E-state index contributed by atoms with van der Waals surface area (Å²) in [6.07, 6.45) is 1.30. The van der Waals surface area contributed by atoms with E-state index in [1.807, 2.05) is 13.8 Å². The molecule has 0 spiro atoms. The van der Waals surface area contributed by atoms with Crippen LogP contribution in [0.2, 0.25) is 0 Å². The molecule has 0 saturated heterocycles. The van der Waals surface area contributed by atoms with Gasteiger partial charge < -0.3 is 5.11 Å². The predicted octanol–water partition coefficient (Wildman–Crippen LogP) is 3.24. The van der Waals surface area contributed by atoms with Crippen LogP contribution in [0.4, 0.5) is 5.69 Å². The van der Waals surface area contributed by atoms with Crippen molar-refractivity contribution in [3.05, 3.63) is 34.4 Å². The average molecular weight is 255 g/mol. The summed E-state index contributed by atoms with van der Waals surface area (Å²) in [6, 6.07) is 6.62. The van der Waals surface area contributed by atoms with Crippen LogP contribution >= 0.6 is 11.8 Å². The van der Waals surface area contributed by atoms with Crippen LogP contribution in [0.5, 0.6) is 0 Å². The Morgan fingerprint density at radius 1 is 1.35 bits per heavy atom. The number of para-hydroxylation sites is 1. The highest BCUT2D eigenvalue weighted by atomic mass is 32.2. The molecule has 0 fully saturated rings. The highest BCUT2D eigenvalue weighted by molar-refractivity contribution is 7.99. The van der Waals surface area contributed by atoms with Gasteiger partial charge in [-0.05, 0) is 18.9 Å². The van der Waals surface area contributed by atoms with Crippen molar-refractivity contribution in [3.63, 3.8) is 0 Å². The lowest BCUT2D eigenvalue weighted by atomic mass is 10.0. The largest absolute Gasteiger partial charge is 0.389 e. The predicted molar refractivity (Wildman–Crippen MR) is 69.4 cm³/mol. The van der Waals surface area contributed by atoms with E-state index in [-0.39, 0.29) is 10.6 Å². The molecule has 1 N–H and O–H groups in total. The van der Waals surface area contributed by atoms with E-state index in [0.717, 1.165) is 0 Å². The van der Waals surface area contributed by atoms with Gasteiger partial charge in [0.25, 0.3) is 5.69 Å². The van der Waals surface area contributed by atoms with Crippen LogP contribution < -0.4 is 0 Å². The van der Waals surface area contributed by atoms with Gasteiger partial charge in [-0.1, -0.05) is 26.0 Å². The Hall–Kier alpha value is -1.07. The Bertz CT molecular complexity index is 391. The molecular formula is C12H17NO3S. The summed E-state index contributed by atoms with van der Waals surface area (Å²) in [6.45, 7) is 3.84. The zero-order chi connectivity index (χ0) is 12.9. The lowest BCUT2D eigenvalue weighted by Crippen LogP contribution is -2.29. The van der Waals surface area contributed by atoms with Crippen molar-refractivity contribution in [2.75, 3.05) is 5.75 Å². The van der Waals surface area contributed by atoms with Crippen molar-refractivity contribution in [1.29, 1.82) is 0 Å². The molecule has 0 aliphatic rings. The second-order valence-corrected chi connectivity index (χ2v) is 4.96. The first kappa shape index (κ1) is 14.0. The first-order valence-electron chi connectivity index (χ1n) is 5.61. The Morgan fingerprint density at radius 2 is 1.94 bits per heavy atom. The highest BCUT2D eigenvalue weighted by Crippen LogP contribution is 2.32. The Kier molecular flexibility index (Phi) is 4.96. The lowest BCUT2D eigenvalue weighted by Gasteiger charge is -2.24. The summed E-state index contributed by atoms with van der Waals surface area (Å²) in [4.78, 5) is 11.0. The quantitative estimate of drug-likeness (QED) is 0.481. The van der Waals surface area contributed by atoms with Crippen LogP contribution in [0.25, 0.3) is 0 Å². The molecule has 5 heteroatoms. The number of aliphatic hydroxyl groups is 1. The number of hydrogen-bond donors (Lipinski definition) is 1. The highest BCUT2D eigenvalue weighted by Gasteiger charge is 2.24. The third-order valence-corrected chi connectivity index (χ3v) is 4.21. The minimum Gasteiger partial charge on any atom is -0.389 e. The van der Waals surface area contributed by atoms with E-state index in [2.05, 4.69) is 0 Å². The smallest absolute Gasteiger partial charge is 0.282 e. The Labute approximate surface area is 105 Å². The second-order valence-electron chi connectivity index (χ2n) is 3.94. The third kappa shape index (κ3) is 3.71. The number of rotatable bonds is 6. The van der Waals surface area contributed by atoms with Gasteiger partial charge in [-0.2, -0.15) is 0 Å². The van der Waals surface area contributed by atoms with Gasteiger partial charge in [0.1, 0.15) is 0 Å². The summed E-state index contributed by atoms with van der Waals surface area (Å²) in [5.74, 6) is 0.477. The molecule has 1 aromatic carbocycles. The van der Waals surface area contributed by atoms with E-state index in [9.17, 15) is 15.2 Å². The molecule has 94 valence electrons. The summed E-state index contributed by atoms with van der Waals surface area (Å²) in [5, 5.41) is 20.9.